The van der Waals surface area contributed by atoms with E-state index in [1.165, 1.54) is 32.1 Å². The fraction of sp³-hybridized carbons (Fsp3) is 0.800. The molecule has 0 aromatic rings. The Morgan fingerprint density at radius 3 is 2.22 bits per heavy atom. The second-order valence-electron chi connectivity index (χ2n) is 6.15. The summed E-state index contributed by atoms with van der Waals surface area (Å²) in [4.78, 5) is 14.3. The van der Waals surface area contributed by atoms with E-state index in [1.54, 1.807) is 0 Å². The summed E-state index contributed by atoms with van der Waals surface area (Å²) in [5.74, 6) is 1.43. The van der Waals surface area contributed by atoms with Crippen LogP contribution in [0.4, 0.5) is 4.79 Å². The second kappa shape index (κ2) is 5.33. The summed E-state index contributed by atoms with van der Waals surface area (Å²) in [6.45, 7) is 1.93. The van der Waals surface area contributed by atoms with Gasteiger partial charge in [-0.25, -0.2) is 4.79 Å². The molecule has 0 aromatic heterocycles. The number of likely N-dealkylation sites (tertiary alicyclic amines) is 1. The fourth-order valence-corrected chi connectivity index (χ4v) is 3.69. The average molecular weight is 248 g/mol. The lowest BCUT2D eigenvalue weighted by atomic mass is 9.86. The molecule has 2 aliphatic carbocycles. The first-order valence-electron chi connectivity index (χ1n) is 7.53. The Labute approximate surface area is 110 Å². The highest BCUT2D eigenvalue weighted by Crippen LogP contribution is 2.32. The summed E-state index contributed by atoms with van der Waals surface area (Å²) in [6.07, 6.45) is 13.1. The van der Waals surface area contributed by atoms with E-state index in [0.717, 1.165) is 25.9 Å². The van der Waals surface area contributed by atoms with Crippen LogP contribution in [0.2, 0.25) is 0 Å². The zero-order chi connectivity index (χ0) is 12.4. The maximum atomic E-state index is 12.3. The Kier molecular flexibility index (Phi) is 3.57. The molecule has 100 valence electrons. The van der Waals surface area contributed by atoms with Crippen molar-refractivity contribution in [1.82, 2.24) is 10.2 Å². The van der Waals surface area contributed by atoms with Crippen molar-refractivity contribution < 1.29 is 4.79 Å². The van der Waals surface area contributed by atoms with Crippen molar-refractivity contribution in [2.24, 2.45) is 11.8 Å². The molecule has 1 aliphatic heterocycles. The number of urea groups is 1. The minimum absolute atomic E-state index is 0.191. The molecular formula is C15H24N2O. The standard InChI is InChI=1S/C15H24N2O/c18-15(16-14-8-2-1-3-9-14)17-10-12-6-4-5-7-13(12)11-17/h4-5,12-14H,1-3,6-11H2,(H,16,18). The van der Waals surface area contributed by atoms with Gasteiger partial charge in [0, 0.05) is 19.1 Å². The largest absolute Gasteiger partial charge is 0.335 e. The van der Waals surface area contributed by atoms with Crippen molar-refractivity contribution >= 4 is 6.03 Å². The van der Waals surface area contributed by atoms with Gasteiger partial charge in [-0.15, -0.1) is 0 Å². The molecule has 1 saturated heterocycles. The minimum atomic E-state index is 0.191. The van der Waals surface area contributed by atoms with E-state index >= 15 is 0 Å². The molecule has 1 saturated carbocycles. The summed E-state index contributed by atoms with van der Waals surface area (Å²) in [7, 11) is 0. The Balaban J connectivity index is 1.51. The third-order valence-electron chi connectivity index (χ3n) is 4.84. The van der Waals surface area contributed by atoms with Gasteiger partial charge in [0.2, 0.25) is 0 Å². The number of rotatable bonds is 1. The highest BCUT2D eigenvalue weighted by Gasteiger charge is 2.35. The zero-order valence-corrected chi connectivity index (χ0v) is 11.1. The number of hydrogen-bond donors (Lipinski definition) is 1. The van der Waals surface area contributed by atoms with E-state index in [1.807, 2.05) is 0 Å². The van der Waals surface area contributed by atoms with E-state index < -0.39 is 0 Å². The van der Waals surface area contributed by atoms with Crippen molar-refractivity contribution in [2.75, 3.05) is 13.1 Å². The van der Waals surface area contributed by atoms with Crippen molar-refractivity contribution in [3.05, 3.63) is 12.2 Å². The van der Waals surface area contributed by atoms with Crippen LogP contribution >= 0.6 is 0 Å². The molecule has 2 amide bonds. The fourth-order valence-electron chi connectivity index (χ4n) is 3.69. The van der Waals surface area contributed by atoms with Crippen LogP contribution in [-0.2, 0) is 0 Å². The number of hydrogen-bond acceptors (Lipinski definition) is 1. The van der Waals surface area contributed by atoms with Crippen LogP contribution in [0.3, 0.4) is 0 Å². The summed E-state index contributed by atoms with van der Waals surface area (Å²) in [5.41, 5.74) is 0. The molecule has 0 bridgehead atoms. The molecule has 18 heavy (non-hydrogen) atoms. The predicted octanol–water partition coefficient (Wildman–Crippen LogP) is 2.93. The molecule has 0 spiro atoms. The molecular weight excluding hydrogens is 224 g/mol. The van der Waals surface area contributed by atoms with Crippen LogP contribution in [0.25, 0.3) is 0 Å². The van der Waals surface area contributed by atoms with Crippen LogP contribution in [-0.4, -0.2) is 30.1 Å². The Morgan fingerprint density at radius 1 is 1.00 bits per heavy atom. The van der Waals surface area contributed by atoms with Crippen molar-refractivity contribution in [3.63, 3.8) is 0 Å². The topological polar surface area (TPSA) is 32.3 Å². The lowest BCUT2D eigenvalue weighted by Gasteiger charge is -2.26. The molecule has 0 aromatic carbocycles. The lowest BCUT2D eigenvalue weighted by molar-refractivity contribution is 0.198. The quantitative estimate of drug-likeness (QED) is 0.711. The molecule has 2 unspecified atom stereocenters. The second-order valence-corrected chi connectivity index (χ2v) is 6.15. The number of nitrogens with one attached hydrogen (secondary N) is 1. The van der Waals surface area contributed by atoms with Crippen molar-refractivity contribution in [2.45, 2.75) is 51.0 Å². The number of nitrogens with zero attached hydrogens (tertiary/aromatic N) is 1. The maximum absolute atomic E-state index is 12.3. The third kappa shape index (κ3) is 2.55. The van der Waals surface area contributed by atoms with Gasteiger partial charge in [-0.1, -0.05) is 31.4 Å². The van der Waals surface area contributed by atoms with E-state index in [4.69, 9.17) is 0 Å². The Morgan fingerprint density at radius 2 is 1.61 bits per heavy atom. The van der Waals surface area contributed by atoms with E-state index in [9.17, 15) is 4.79 Å². The maximum Gasteiger partial charge on any atom is 0.317 e. The van der Waals surface area contributed by atoms with Crippen LogP contribution < -0.4 is 5.32 Å². The molecule has 1 N–H and O–H groups in total. The lowest BCUT2D eigenvalue weighted by Crippen LogP contribution is -2.44. The van der Waals surface area contributed by atoms with Crippen LogP contribution in [0.1, 0.15) is 44.9 Å². The van der Waals surface area contributed by atoms with Gasteiger partial charge in [0.1, 0.15) is 0 Å². The zero-order valence-electron chi connectivity index (χ0n) is 11.1. The van der Waals surface area contributed by atoms with Crippen LogP contribution in [0.15, 0.2) is 12.2 Å². The first kappa shape index (κ1) is 12.1. The average Bonchev–Trinajstić information content (AvgIpc) is 2.84. The van der Waals surface area contributed by atoms with Gasteiger partial charge in [-0.05, 0) is 37.5 Å². The molecule has 2 atom stereocenters. The smallest absolute Gasteiger partial charge is 0.317 e. The number of fused-ring (bicyclic) bond motifs is 1. The Bertz CT molecular complexity index is 317. The monoisotopic (exact) mass is 248 g/mol. The van der Waals surface area contributed by atoms with Gasteiger partial charge in [0.15, 0.2) is 0 Å². The number of amides is 2. The molecule has 3 rings (SSSR count). The summed E-state index contributed by atoms with van der Waals surface area (Å²) < 4.78 is 0. The number of allylic oxidation sites excluding steroid dienone is 2. The van der Waals surface area contributed by atoms with Crippen LogP contribution in [0, 0.1) is 11.8 Å². The minimum Gasteiger partial charge on any atom is -0.335 e. The predicted molar refractivity (Wildman–Crippen MR) is 72.3 cm³/mol. The molecule has 1 heterocycles. The SMILES string of the molecule is O=C(NC1CCCCC1)N1CC2CC=CCC2C1. The van der Waals surface area contributed by atoms with E-state index in [2.05, 4.69) is 22.4 Å². The summed E-state index contributed by atoms with van der Waals surface area (Å²) >= 11 is 0. The normalized spacial score (nSPS) is 32.3. The van der Waals surface area contributed by atoms with Gasteiger partial charge < -0.3 is 10.2 Å². The third-order valence-corrected chi connectivity index (χ3v) is 4.84. The summed E-state index contributed by atoms with van der Waals surface area (Å²) in [5, 5.41) is 3.24. The van der Waals surface area contributed by atoms with Gasteiger partial charge in [0.05, 0.1) is 0 Å². The number of carbonyl (C=O) groups is 1. The first-order chi connectivity index (χ1) is 8.83. The van der Waals surface area contributed by atoms with Gasteiger partial charge in [0.25, 0.3) is 0 Å². The van der Waals surface area contributed by atoms with Gasteiger partial charge in [-0.3, -0.25) is 0 Å². The highest BCUT2D eigenvalue weighted by molar-refractivity contribution is 5.75. The van der Waals surface area contributed by atoms with Crippen molar-refractivity contribution in [3.8, 4) is 0 Å². The Hall–Kier alpha value is -0.990. The summed E-state index contributed by atoms with van der Waals surface area (Å²) in [6, 6.07) is 0.628. The number of carbonyl (C=O) groups excluding carboxylic acids is 1. The molecule has 3 nitrogen and oxygen atoms in total. The van der Waals surface area contributed by atoms with Gasteiger partial charge in [-0.2, -0.15) is 0 Å². The van der Waals surface area contributed by atoms with E-state index in [0.29, 0.717) is 17.9 Å². The highest BCUT2D eigenvalue weighted by atomic mass is 16.2. The van der Waals surface area contributed by atoms with Crippen LogP contribution in [0.5, 0.6) is 0 Å². The van der Waals surface area contributed by atoms with E-state index in [-0.39, 0.29) is 6.03 Å². The first-order valence-corrected chi connectivity index (χ1v) is 7.53. The van der Waals surface area contributed by atoms with Gasteiger partial charge >= 0.3 is 6.03 Å². The molecule has 2 fully saturated rings. The molecule has 3 aliphatic rings. The van der Waals surface area contributed by atoms with Crippen molar-refractivity contribution in [1.29, 1.82) is 0 Å². The molecule has 3 heteroatoms. The molecule has 0 radical (unpaired) electrons.